The van der Waals surface area contributed by atoms with Crippen LogP contribution in [0.1, 0.15) is 6.92 Å². The van der Waals surface area contributed by atoms with Crippen LogP contribution in [0.4, 0.5) is 28.7 Å². The fourth-order valence-electron chi connectivity index (χ4n) is 2.64. The summed E-state index contributed by atoms with van der Waals surface area (Å²) >= 11 is 0. The molecule has 0 radical (unpaired) electrons. The molecule has 2 aromatic carbocycles. The number of nitrogens with zero attached hydrogens (tertiary/aromatic N) is 2. The van der Waals surface area contributed by atoms with Gasteiger partial charge in [-0.3, -0.25) is 4.79 Å². The van der Waals surface area contributed by atoms with Gasteiger partial charge in [0.25, 0.3) is 0 Å². The summed E-state index contributed by atoms with van der Waals surface area (Å²) < 4.78 is 10.7. The van der Waals surface area contributed by atoms with Crippen molar-refractivity contribution in [3.63, 3.8) is 0 Å². The average Bonchev–Trinajstić information content (AvgIpc) is 3.09. The van der Waals surface area contributed by atoms with Crippen LogP contribution in [0, 0.1) is 0 Å². The van der Waals surface area contributed by atoms with E-state index in [1.165, 1.54) is 13.3 Å². The molecule has 0 atom stereocenters. The van der Waals surface area contributed by atoms with Crippen molar-refractivity contribution >= 4 is 34.6 Å². The van der Waals surface area contributed by atoms with Crippen LogP contribution < -0.4 is 25.4 Å². The first kappa shape index (κ1) is 16.6. The molecule has 4 rings (SSSR count). The Morgan fingerprint density at radius 2 is 1.59 bits per heavy atom. The molecule has 0 unspecified atom stereocenters. The first-order chi connectivity index (χ1) is 13.2. The van der Waals surface area contributed by atoms with E-state index >= 15 is 0 Å². The third kappa shape index (κ3) is 4.06. The van der Waals surface area contributed by atoms with Gasteiger partial charge in [0.1, 0.15) is 18.0 Å². The van der Waals surface area contributed by atoms with Crippen molar-refractivity contribution in [3.05, 3.63) is 54.9 Å². The van der Waals surface area contributed by atoms with Gasteiger partial charge in [0.2, 0.25) is 12.7 Å². The molecule has 8 heteroatoms. The standard InChI is InChI=1S/C19H17N5O3/c1-12(25)22-13-3-2-4-14(7-13)23-18-9-19(21-10-20-18)24-15-5-6-16-17(8-15)27-11-26-16/h2-10H,11H2,1H3,(H,22,25)(H2,20,21,23,24). The smallest absolute Gasteiger partial charge is 0.231 e. The van der Waals surface area contributed by atoms with Gasteiger partial charge in [0.15, 0.2) is 11.5 Å². The van der Waals surface area contributed by atoms with Gasteiger partial charge in [-0.25, -0.2) is 9.97 Å². The maximum Gasteiger partial charge on any atom is 0.231 e. The molecular formula is C19H17N5O3. The second kappa shape index (κ2) is 7.20. The predicted molar refractivity (Wildman–Crippen MR) is 102 cm³/mol. The number of hydrogen-bond donors (Lipinski definition) is 3. The minimum Gasteiger partial charge on any atom is -0.454 e. The average molecular weight is 363 g/mol. The Balaban J connectivity index is 1.48. The minimum atomic E-state index is -0.121. The molecule has 0 saturated carbocycles. The zero-order valence-corrected chi connectivity index (χ0v) is 14.5. The first-order valence-corrected chi connectivity index (χ1v) is 8.29. The second-order valence-corrected chi connectivity index (χ2v) is 5.87. The number of ether oxygens (including phenoxy) is 2. The van der Waals surface area contributed by atoms with E-state index in [1.807, 2.05) is 42.5 Å². The summed E-state index contributed by atoms with van der Waals surface area (Å²) in [6.45, 7) is 1.70. The molecule has 0 saturated heterocycles. The number of carbonyl (C=O) groups excluding carboxylic acids is 1. The minimum absolute atomic E-state index is 0.121. The maximum atomic E-state index is 11.2. The Labute approximate surface area is 155 Å². The molecule has 1 amide bonds. The molecule has 1 aromatic heterocycles. The molecule has 3 N–H and O–H groups in total. The van der Waals surface area contributed by atoms with E-state index in [2.05, 4.69) is 25.9 Å². The van der Waals surface area contributed by atoms with E-state index in [0.29, 0.717) is 23.1 Å². The third-order valence-electron chi connectivity index (χ3n) is 3.77. The van der Waals surface area contributed by atoms with E-state index in [0.717, 1.165) is 17.1 Å². The van der Waals surface area contributed by atoms with Crippen molar-refractivity contribution in [2.75, 3.05) is 22.7 Å². The van der Waals surface area contributed by atoms with Crippen LogP contribution in [0.3, 0.4) is 0 Å². The van der Waals surface area contributed by atoms with Crippen molar-refractivity contribution in [2.24, 2.45) is 0 Å². The van der Waals surface area contributed by atoms with Crippen LogP contribution in [0.5, 0.6) is 11.5 Å². The second-order valence-electron chi connectivity index (χ2n) is 5.87. The van der Waals surface area contributed by atoms with Crippen LogP contribution in [0.25, 0.3) is 0 Å². The number of anilines is 5. The van der Waals surface area contributed by atoms with Gasteiger partial charge in [-0.2, -0.15) is 0 Å². The van der Waals surface area contributed by atoms with Crippen LogP contribution in [-0.4, -0.2) is 22.7 Å². The number of hydrogen-bond acceptors (Lipinski definition) is 7. The van der Waals surface area contributed by atoms with Gasteiger partial charge in [-0.05, 0) is 30.3 Å². The summed E-state index contributed by atoms with van der Waals surface area (Å²) in [5.74, 6) is 2.55. The number of fused-ring (bicyclic) bond motifs is 1. The molecule has 2 heterocycles. The molecule has 8 nitrogen and oxygen atoms in total. The van der Waals surface area contributed by atoms with E-state index in [4.69, 9.17) is 9.47 Å². The summed E-state index contributed by atoms with van der Waals surface area (Å²) in [6, 6.07) is 14.8. The Bertz CT molecular complexity index is 993. The molecule has 0 spiro atoms. The van der Waals surface area contributed by atoms with Crippen LogP contribution in [-0.2, 0) is 4.79 Å². The monoisotopic (exact) mass is 363 g/mol. The number of aromatic nitrogens is 2. The Hall–Kier alpha value is -3.81. The van der Waals surface area contributed by atoms with Gasteiger partial charge in [0, 0.05) is 36.1 Å². The molecule has 0 aliphatic carbocycles. The number of nitrogens with one attached hydrogen (secondary N) is 3. The molecule has 1 aliphatic rings. The van der Waals surface area contributed by atoms with E-state index in [-0.39, 0.29) is 12.7 Å². The lowest BCUT2D eigenvalue weighted by Gasteiger charge is -2.10. The van der Waals surface area contributed by atoms with Gasteiger partial charge in [0.05, 0.1) is 0 Å². The lowest BCUT2D eigenvalue weighted by atomic mass is 10.2. The molecule has 27 heavy (non-hydrogen) atoms. The lowest BCUT2D eigenvalue weighted by Crippen LogP contribution is -2.06. The van der Waals surface area contributed by atoms with Crippen molar-refractivity contribution in [1.29, 1.82) is 0 Å². The Morgan fingerprint density at radius 1 is 0.889 bits per heavy atom. The summed E-state index contributed by atoms with van der Waals surface area (Å²) in [5.41, 5.74) is 2.34. The fraction of sp³-hybridized carbons (Fsp3) is 0.105. The highest BCUT2D eigenvalue weighted by molar-refractivity contribution is 5.89. The lowest BCUT2D eigenvalue weighted by molar-refractivity contribution is -0.114. The van der Waals surface area contributed by atoms with Crippen molar-refractivity contribution in [3.8, 4) is 11.5 Å². The van der Waals surface area contributed by atoms with Gasteiger partial charge < -0.3 is 25.4 Å². The highest BCUT2D eigenvalue weighted by Crippen LogP contribution is 2.35. The highest BCUT2D eigenvalue weighted by atomic mass is 16.7. The molecule has 3 aromatic rings. The normalized spacial score (nSPS) is 11.7. The highest BCUT2D eigenvalue weighted by Gasteiger charge is 2.13. The summed E-state index contributed by atoms with van der Waals surface area (Å²) in [7, 11) is 0. The largest absolute Gasteiger partial charge is 0.454 e. The van der Waals surface area contributed by atoms with E-state index in [1.54, 1.807) is 6.07 Å². The van der Waals surface area contributed by atoms with E-state index < -0.39 is 0 Å². The zero-order valence-electron chi connectivity index (χ0n) is 14.5. The SMILES string of the molecule is CC(=O)Nc1cccc(Nc2cc(Nc3ccc4c(c3)OCO4)ncn2)c1. The van der Waals surface area contributed by atoms with Gasteiger partial charge >= 0.3 is 0 Å². The number of rotatable bonds is 5. The summed E-state index contributed by atoms with van der Waals surface area (Å²) in [5, 5.41) is 9.16. The Morgan fingerprint density at radius 3 is 2.37 bits per heavy atom. The molecular weight excluding hydrogens is 346 g/mol. The third-order valence-corrected chi connectivity index (χ3v) is 3.77. The molecule has 0 bridgehead atoms. The Kier molecular flexibility index (Phi) is 4.44. The summed E-state index contributed by atoms with van der Waals surface area (Å²) in [4.78, 5) is 19.7. The number of amides is 1. The van der Waals surface area contributed by atoms with Crippen LogP contribution >= 0.6 is 0 Å². The van der Waals surface area contributed by atoms with Crippen LogP contribution in [0.2, 0.25) is 0 Å². The maximum absolute atomic E-state index is 11.2. The molecule has 1 aliphatic heterocycles. The fourth-order valence-corrected chi connectivity index (χ4v) is 2.64. The first-order valence-electron chi connectivity index (χ1n) is 8.29. The van der Waals surface area contributed by atoms with Crippen molar-refractivity contribution in [1.82, 2.24) is 9.97 Å². The molecule has 0 fully saturated rings. The summed E-state index contributed by atoms with van der Waals surface area (Å²) in [6.07, 6.45) is 1.47. The van der Waals surface area contributed by atoms with Gasteiger partial charge in [-0.1, -0.05) is 6.07 Å². The van der Waals surface area contributed by atoms with E-state index in [9.17, 15) is 4.79 Å². The van der Waals surface area contributed by atoms with Crippen molar-refractivity contribution < 1.29 is 14.3 Å². The number of carbonyl (C=O) groups is 1. The van der Waals surface area contributed by atoms with Crippen molar-refractivity contribution in [2.45, 2.75) is 6.92 Å². The quantitative estimate of drug-likeness (QED) is 0.636. The molecule has 136 valence electrons. The topological polar surface area (TPSA) is 97.4 Å². The van der Waals surface area contributed by atoms with Gasteiger partial charge in [-0.15, -0.1) is 0 Å². The number of benzene rings is 2. The zero-order chi connectivity index (χ0) is 18.6. The predicted octanol–water partition coefficient (Wildman–Crippen LogP) is 3.65. The van der Waals surface area contributed by atoms with Crippen LogP contribution in [0.15, 0.2) is 54.9 Å².